The molecule has 0 atom stereocenters. The summed E-state index contributed by atoms with van der Waals surface area (Å²) in [4.78, 5) is 13.8. The molecule has 0 aliphatic heterocycles. The van der Waals surface area contributed by atoms with E-state index in [9.17, 15) is 4.79 Å². The fraction of sp³-hybridized carbons (Fsp3) is 0.800. The molecular formula is C10H18N2O2S. The van der Waals surface area contributed by atoms with Gasteiger partial charge in [-0.05, 0) is 25.7 Å². The molecule has 1 amide bonds. The molecule has 3 N–H and O–H groups in total. The molecule has 0 aromatic carbocycles. The fourth-order valence-electron chi connectivity index (χ4n) is 1.70. The lowest BCUT2D eigenvalue weighted by Gasteiger charge is -2.37. The maximum absolute atomic E-state index is 11.8. The van der Waals surface area contributed by atoms with Gasteiger partial charge in [0.15, 0.2) is 0 Å². The van der Waals surface area contributed by atoms with E-state index < -0.39 is 0 Å². The van der Waals surface area contributed by atoms with Crippen LogP contribution in [0.1, 0.15) is 32.1 Å². The topological polar surface area (TPSA) is 66.6 Å². The molecule has 0 heterocycles. The third-order valence-corrected chi connectivity index (χ3v) is 2.86. The first kappa shape index (κ1) is 12.4. The van der Waals surface area contributed by atoms with Crippen molar-refractivity contribution in [1.29, 1.82) is 0 Å². The molecule has 0 unspecified atom stereocenters. The van der Waals surface area contributed by atoms with Crippen molar-refractivity contribution in [3.8, 4) is 0 Å². The predicted octanol–water partition coefficient (Wildman–Crippen LogP) is 0.426. The summed E-state index contributed by atoms with van der Waals surface area (Å²) in [6.07, 6.45) is 4.08. The zero-order valence-corrected chi connectivity index (χ0v) is 9.63. The Labute approximate surface area is 95.4 Å². The van der Waals surface area contributed by atoms with E-state index in [0.29, 0.717) is 19.0 Å². The first-order valence-corrected chi connectivity index (χ1v) is 5.74. The van der Waals surface area contributed by atoms with Crippen molar-refractivity contribution < 1.29 is 9.90 Å². The van der Waals surface area contributed by atoms with Gasteiger partial charge in [0, 0.05) is 19.2 Å². The molecular weight excluding hydrogens is 212 g/mol. The summed E-state index contributed by atoms with van der Waals surface area (Å²) in [6.45, 7) is 0.728. The van der Waals surface area contributed by atoms with Crippen molar-refractivity contribution in [3.05, 3.63) is 0 Å². The Hall–Kier alpha value is -0.680. The minimum atomic E-state index is 0.000602. The number of hydrogen-bond acceptors (Lipinski definition) is 3. The number of aliphatic hydroxyl groups is 1. The van der Waals surface area contributed by atoms with Gasteiger partial charge in [0.05, 0.1) is 11.4 Å². The number of rotatable bonds is 6. The number of aliphatic hydroxyl groups excluding tert-OH is 1. The van der Waals surface area contributed by atoms with Crippen molar-refractivity contribution in [2.45, 2.75) is 38.1 Å². The van der Waals surface area contributed by atoms with Gasteiger partial charge in [-0.25, -0.2) is 0 Å². The van der Waals surface area contributed by atoms with Gasteiger partial charge in [0.25, 0.3) is 0 Å². The van der Waals surface area contributed by atoms with Gasteiger partial charge in [-0.2, -0.15) is 0 Å². The van der Waals surface area contributed by atoms with Gasteiger partial charge in [-0.3, -0.25) is 4.79 Å². The van der Waals surface area contributed by atoms with Crippen molar-refractivity contribution in [3.63, 3.8) is 0 Å². The first-order chi connectivity index (χ1) is 7.15. The van der Waals surface area contributed by atoms with E-state index in [2.05, 4.69) is 0 Å². The number of carbonyl (C=O) groups excluding carboxylic acids is 1. The summed E-state index contributed by atoms with van der Waals surface area (Å²) in [5.41, 5.74) is 5.35. The molecule has 1 aliphatic rings. The minimum absolute atomic E-state index is 0.000602. The van der Waals surface area contributed by atoms with Crippen LogP contribution in [0.15, 0.2) is 0 Å². The molecule has 0 bridgehead atoms. The minimum Gasteiger partial charge on any atom is -0.396 e. The highest BCUT2D eigenvalue weighted by Gasteiger charge is 2.28. The summed E-state index contributed by atoms with van der Waals surface area (Å²) < 4.78 is 0. The van der Waals surface area contributed by atoms with E-state index in [1.165, 1.54) is 6.42 Å². The number of nitrogens with zero attached hydrogens (tertiary/aromatic N) is 1. The number of carbonyl (C=O) groups is 1. The molecule has 1 rings (SSSR count). The summed E-state index contributed by atoms with van der Waals surface area (Å²) in [5, 5.41) is 8.76. The van der Waals surface area contributed by atoms with E-state index in [1.807, 2.05) is 4.90 Å². The number of hydrogen-bond donors (Lipinski definition) is 2. The molecule has 15 heavy (non-hydrogen) atoms. The van der Waals surface area contributed by atoms with Crippen LogP contribution in [0, 0.1) is 0 Å². The SMILES string of the molecule is NC(=S)CC(=O)N(CCCO)C1CCC1. The van der Waals surface area contributed by atoms with Crippen LogP contribution in [-0.2, 0) is 4.79 Å². The smallest absolute Gasteiger partial charge is 0.229 e. The Morgan fingerprint density at radius 2 is 2.20 bits per heavy atom. The molecule has 1 fully saturated rings. The zero-order chi connectivity index (χ0) is 11.3. The van der Waals surface area contributed by atoms with Crippen molar-refractivity contribution in [2.75, 3.05) is 13.2 Å². The van der Waals surface area contributed by atoms with Crippen LogP contribution in [0.3, 0.4) is 0 Å². The van der Waals surface area contributed by atoms with E-state index in [1.54, 1.807) is 0 Å². The van der Waals surface area contributed by atoms with Gasteiger partial charge in [0.1, 0.15) is 0 Å². The summed E-state index contributed by atoms with van der Waals surface area (Å²) >= 11 is 4.73. The summed E-state index contributed by atoms with van der Waals surface area (Å²) in [5.74, 6) is 0.000602. The van der Waals surface area contributed by atoms with Crippen LogP contribution in [0.2, 0.25) is 0 Å². The molecule has 1 saturated carbocycles. The molecule has 0 spiro atoms. The number of amides is 1. The van der Waals surface area contributed by atoms with E-state index in [-0.39, 0.29) is 23.9 Å². The summed E-state index contributed by atoms with van der Waals surface area (Å²) in [7, 11) is 0. The van der Waals surface area contributed by atoms with Crippen LogP contribution < -0.4 is 5.73 Å². The highest BCUT2D eigenvalue weighted by atomic mass is 32.1. The second-order valence-electron chi connectivity index (χ2n) is 3.89. The second-order valence-corrected chi connectivity index (χ2v) is 4.42. The number of thiocarbonyl (C=S) groups is 1. The lowest BCUT2D eigenvalue weighted by atomic mass is 9.91. The largest absolute Gasteiger partial charge is 0.396 e. The maximum atomic E-state index is 11.8. The molecule has 0 radical (unpaired) electrons. The standard InChI is InChI=1S/C10H18N2O2S/c11-9(15)7-10(14)12(5-2-6-13)8-3-1-4-8/h8,13H,1-7H2,(H2,11,15). The van der Waals surface area contributed by atoms with E-state index in [4.69, 9.17) is 23.1 Å². The fourth-order valence-corrected chi connectivity index (χ4v) is 1.82. The predicted molar refractivity (Wildman–Crippen MR) is 62.5 cm³/mol. The molecule has 86 valence electrons. The molecule has 5 heteroatoms. The highest BCUT2D eigenvalue weighted by Crippen LogP contribution is 2.25. The van der Waals surface area contributed by atoms with Crippen molar-refractivity contribution in [1.82, 2.24) is 4.90 Å². The monoisotopic (exact) mass is 230 g/mol. The van der Waals surface area contributed by atoms with Crippen molar-refractivity contribution >= 4 is 23.1 Å². The Morgan fingerprint density at radius 1 is 1.53 bits per heavy atom. The number of nitrogens with two attached hydrogens (primary N) is 1. The summed E-state index contributed by atoms with van der Waals surface area (Å²) in [6, 6.07) is 0.346. The lowest BCUT2D eigenvalue weighted by Crippen LogP contribution is -2.45. The van der Waals surface area contributed by atoms with Crippen LogP contribution in [-0.4, -0.2) is 40.1 Å². The quantitative estimate of drug-likeness (QED) is 0.649. The van der Waals surface area contributed by atoms with Gasteiger partial charge >= 0.3 is 0 Å². The van der Waals surface area contributed by atoms with Gasteiger partial charge in [-0.15, -0.1) is 0 Å². The van der Waals surface area contributed by atoms with E-state index >= 15 is 0 Å². The van der Waals surface area contributed by atoms with Gasteiger partial charge in [0.2, 0.25) is 5.91 Å². The Balaban J connectivity index is 2.46. The third kappa shape index (κ3) is 3.76. The van der Waals surface area contributed by atoms with Crippen LogP contribution >= 0.6 is 12.2 Å². The third-order valence-electron chi connectivity index (χ3n) is 2.72. The average Bonchev–Trinajstić information content (AvgIpc) is 2.07. The van der Waals surface area contributed by atoms with Gasteiger partial charge in [-0.1, -0.05) is 12.2 Å². The maximum Gasteiger partial charge on any atom is 0.229 e. The Morgan fingerprint density at radius 3 is 2.60 bits per heavy atom. The Kier molecular flexibility index (Phi) is 4.98. The second kappa shape index (κ2) is 6.02. The van der Waals surface area contributed by atoms with Gasteiger partial charge < -0.3 is 15.7 Å². The first-order valence-electron chi connectivity index (χ1n) is 5.33. The van der Waals surface area contributed by atoms with Crippen molar-refractivity contribution in [2.24, 2.45) is 5.73 Å². The Bertz CT molecular complexity index is 242. The molecule has 0 saturated heterocycles. The molecule has 1 aliphatic carbocycles. The lowest BCUT2D eigenvalue weighted by molar-refractivity contribution is -0.134. The van der Waals surface area contributed by atoms with E-state index in [0.717, 1.165) is 12.8 Å². The van der Waals surface area contributed by atoms with Crippen LogP contribution in [0.4, 0.5) is 0 Å². The van der Waals surface area contributed by atoms with Crippen LogP contribution in [0.25, 0.3) is 0 Å². The zero-order valence-electron chi connectivity index (χ0n) is 8.82. The highest BCUT2D eigenvalue weighted by molar-refractivity contribution is 7.80. The average molecular weight is 230 g/mol. The molecule has 4 nitrogen and oxygen atoms in total. The van der Waals surface area contributed by atoms with Crippen LogP contribution in [0.5, 0.6) is 0 Å². The normalized spacial score (nSPS) is 15.8. The molecule has 0 aromatic rings. The molecule has 0 aromatic heterocycles.